The molecule has 0 unspecified atom stereocenters. The standard InChI is InChI=1S/C36H39FN8O5S/c1-21-12-14-24(15-13-21)51(48,49)45-19-22(2)31-33(39-26-11-7-10-25(37)32(26)35(47)38-3)41-36(42-34(31)45)40-27-18-28-23(17-29(27)50-6)9-8-16-44(28)30(46)20-43(4)5/h7,10-15,17-19H,8-9,16,20H2,1-6H3,(H,38,47)(H2,39,40,41,42). The molecule has 5 aromatic rings. The van der Waals surface area contributed by atoms with E-state index < -0.39 is 21.7 Å². The normalized spacial score (nSPS) is 12.9. The molecule has 3 heterocycles. The summed E-state index contributed by atoms with van der Waals surface area (Å²) in [6.45, 7) is 4.35. The zero-order chi connectivity index (χ0) is 36.6. The van der Waals surface area contributed by atoms with Crippen molar-refractivity contribution in [3.8, 4) is 5.75 Å². The minimum absolute atomic E-state index is 0.0263. The van der Waals surface area contributed by atoms with E-state index in [0.29, 0.717) is 34.6 Å². The summed E-state index contributed by atoms with van der Waals surface area (Å²) >= 11 is 0. The number of hydrogen-bond donors (Lipinski definition) is 3. The van der Waals surface area contributed by atoms with Crippen LogP contribution in [0.4, 0.5) is 33.2 Å². The number of nitrogens with zero attached hydrogens (tertiary/aromatic N) is 5. The van der Waals surface area contributed by atoms with Crippen molar-refractivity contribution in [2.75, 3.05) is 56.9 Å². The van der Waals surface area contributed by atoms with E-state index in [0.717, 1.165) is 27.9 Å². The first-order chi connectivity index (χ1) is 24.3. The van der Waals surface area contributed by atoms with Gasteiger partial charge in [0.1, 0.15) is 17.4 Å². The fraction of sp³-hybridized carbons (Fsp3) is 0.278. The molecule has 0 spiro atoms. The lowest BCUT2D eigenvalue weighted by Crippen LogP contribution is -2.40. The third kappa shape index (κ3) is 6.81. The van der Waals surface area contributed by atoms with Gasteiger partial charge in [0.05, 0.1) is 40.9 Å². The SMILES string of the molecule is CNC(=O)c1c(F)cccc1Nc1nc(Nc2cc3c(cc2OC)CCCN3C(=O)CN(C)C)nc2c1c(C)cn2S(=O)(=O)c1ccc(C)cc1. The topological polar surface area (TPSA) is 151 Å². The average Bonchev–Trinajstić information content (AvgIpc) is 3.44. The van der Waals surface area contributed by atoms with Gasteiger partial charge in [0.2, 0.25) is 11.9 Å². The first-order valence-corrected chi connectivity index (χ1v) is 17.7. The van der Waals surface area contributed by atoms with E-state index in [-0.39, 0.29) is 46.0 Å². The number of carbonyl (C=O) groups excluding carboxylic acids is 2. The Balaban J connectivity index is 1.54. The molecule has 0 aliphatic carbocycles. The summed E-state index contributed by atoms with van der Waals surface area (Å²) in [6.07, 6.45) is 2.99. The molecule has 2 aromatic heterocycles. The number of fused-ring (bicyclic) bond motifs is 2. The highest BCUT2D eigenvalue weighted by molar-refractivity contribution is 7.90. The number of benzene rings is 3. The van der Waals surface area contributed by atoms with Crippen molar-refractivity contribution < 1.29 is 27.1 Å². The van der Waals surface area contributed by atoms with Crippen LogP contribution in [0.3, 0.4) is 0 Å². The maximum atomic E-state index is 15.0. The third-order valence-electron chi connectivity index (χ3n) is 8.62. The highest BCUT2D eigenvalue weighted by Crippen LogP contribution is 2.39. The number of hydrogen-bond acceptors (Lipinski definition) is 10. The predicted molar refractivity (Wildman–Crippen MR) is 195 cm³/mol. The molecule has 0 fully saturated rings. The molecule has 0 bridgehead atoms. The largest absolute Gasteiger partial charge is 0.495 e. The van der Waals surface area contributed by atoms with E-state index in [2.05, 4.69) is 16.0 Å². The lowest BCUT2D eigenvalue weighted by molar-refractivity contribution is -0.119. The molecule has 15 heteroatoms. The number of ether oxygens (including phenoxy) is 1. The second kappa shape index (κ2) is 14.0. The van der Waals surface area contributed by atoms with Gasteiger partial charge in [-0.05, 0) is 88.3 Å². The van der Waals surface area contributed by atoms with Crippen LogP contribution in [-0.2, 0) is 21.2 Å². The van der Waals surface area contributed by atoms with E-state index in [1.165, 1.54) is 50.7 Å². The second-order valence-electron chi connectivity index (χ2n) is 12.6. The van der Waals surface area contributed by atoms with Crippen LogP contribution in [0.15, 0.2) is 65.7 Å². The van der Waals surface area contributed by atoms with Crippen LogP contribution in [0, 0.1) is 19.7 Å². The number of aryl methyl sites for hydroxylation is 3. The molecule has 13 nitrogen and oxygen atoms in total. The molecule has 1 aliphatic rings. The molecule has 266 valence electrons. The van der Waals surface area contributed by atoms with Gasteiger partial charge in [-0.1, -0.05) is 23.8 Å². The fourth-order valence-electron chi connectivity index (χ4n) is 6.15. The number of likely N-dealkylation sites (N-methyl/N-ethyl adjacent to an activating group) is 1. The Labute approximate surface area is 295 Å². The molecular weight excluding hydrogens is 676 g/mol. The summed E-state index contributed by atoms with van der Waals surface area (Å²) in [5, 5.41) is 9.06. The van der Waals surface area contributed by atoms with Crippen molar-refractivity contribution in [1.82, 2.24) is 24.2 Å². The molecule has 6 rings (SSSR count). The molecule has 0 saturated carbocycles. The molecule has 51 heavy (non-hydrogen) atoms. The van der Waals surface area contributed by atoms with Gasteiger partial charge in [0.15, 0.2) is 5.65 Å². The van der Waals surface area contributed by atoms with Gasteiger partial charge >= 0.3 is 0 Å². The lowest BCUT2D eigenvalue weighted by Gasteiger charge is -2.31. The number of carbonyl (C=O) groups is 2. The number of rotatable bonds is 10. The minimum atomic E-state index is -4.15. The Hall–Kier alpha value is -5.54. The molecule has 2 amide bonds. The maximum Gasteiger partial charge on any atom is 0.269 e. The monoisotopic (exact) mass is 714 g/mol. The van der Waals surface area contributed by atoms with Gasteiger partial charge < -0.3 is 30.5 Å². The first-order valence-electron chi connectivity index (χ1n) is 16.2. The molecule has 0 radical (unpaired) electrons. The van der Waals surface area contributed by atoms with Crippen LogP contribution < -0.4 is 25.6 Å². The Bertz CT molecular complexity index is 2270. The Morgan fingerprint density at radius 3 is 2.45 bits per heavy atom. The zero-order valence-corrected chi connectivity index (χ0v) is 30.0. The van der Waals surface area contributed by atoms with Gasteiger partial charge in [0.25, 0.3) is 15.9 Å². The number of anilines is 5. The lowest BCUT2D eigenvalue weighted by atomic mass is 10.00. The van der Waals surface area contributed by atoms with Crippen molar-refractivity contribution in [3.63, 3.8) is 0 Å². The van der Waals surface area contributed by atoms with Crippen LogP contribution in [0.1, 0.15) is 33.5 Å². The van der Waals surface area contributed by atoms with Gasteiger partial charge in [-0.3, -0.25) is 9.59 Å². The molecular formula is C36H39FN8O5S. The van der Waals surface area contributed by atoms with Gasteiger partial charge in [-0.25, -0.2) is 16.8 Å². The Morgan fingerprint density at radius 1 is 1.02 bits per heavy atom. The van der Waals surface area contributed by atoms with Crippen LogP contribution in [0.25, 0.3) is 11.0 Å². The summed E-state index contributed by atoms with van der Waals surface area (Å²) in [6, 6.07) is 14.3. The van der Waals surface area contributed by atoms with Crippen LogP contribution in [-0.4, -0.2) is 80.4 Å². The number of halogens is 1. The van der Waals surface area contributed by atoms with Crippen LogP contribution in [0.2, 0.25) is 0 Å². The number of nitrogens with one attached hydrogen (secondary N) is 3. The number of methoxy groups -OCH3 is 1. The number of amides is 2. The number of aromatic nitrogens is 3. The average molecular weight is 715 g/mol. The Kier molecular flexibility index (Phi) is 9.68. The highest BCUT2D eigenvalue weighted by atomic mass is 32.2. The third-order valence-corrected chi connectivity index (χ3v) is 10.3. The van der Waals surface area contributed by atoms with Gasteiger partial charge in [-0.15, -0.1) is 0 Å². The maximum absolute atomic E-state index is 15.0. The van der Waals surface area contributed by atoms with Crippen LogP contribution in [0.5, 0.6) is 5.75 Å². The van der Waals surface area contributed by atoms with Gasteiger partial charge in [0, 0.05) is 25.5 Å². The molecule has 1 aliphatic heterocycles. The molecule has 3 N–H and O–H groups in total. The van der Waals surface area contributed by atoms with E-state index in [1.807, 2.05) is 32.0 Å². The molecule has 0 atom stereocenters. The van der Waals surface area contributed by atoms with Crippen molar-refractivity contribution in [2.45, 2.75) is 31.6 Å². The smallest absolute Gasteiger partial charge is 0.269 e. The van der Waals surface area contributed by atoms with Crippen LogP contribution >= 0.6 is 0 Å². The van der Waals surface area contributed by atoms with E-state index in [9.17, 15) is 18.0 Å². The summed E-state index contributed by atoms with van der Waals surface area (Å²) in [5.74, 6) is -0.929. The minimum Gasteiger partial charge on any atom is -0.495 e. The first kappa shape index (κ1) is 35.3. The van der Waals surface area contributed by atoms with E-state index in [1.54, 1.807) is 30.0 Å². The van der Waals surface area contributed by atoms with Crippen molar-refractivity contribution in [2.24, 2.45) is 0 Å². The Morgan fingerprint density at radius 2 is 1.76 bits per heavy atom. The quantitative estimate of drug-likeness (QED) is 0.178. The zero-order valence-electron chi connectivity index (χ0n) is 29.2. The molecule has 0 saturated heterocycles. The van der Waals surface area contributed by atoms with E-state index >= 15 is 4.39 Å². The second-order valence-corrected chi connectivity index (χ2v) is 14.4. The highest BCUT2D eigenvalue weighted by Gasteiger charge is 2.28. The van der Waals surface area contributed by atoms with Crippen molar-refractivity contribution in [1.29, 1.82) is 0 Å². The summed E-state index contributed by atoms with van der Waals surface area (Å²) in [4.78, 5) is 39.0. The van der Waals surface area contributed by atoms with Crippen molar-refractivity contribution in [3.05, 3.63) is 88.9 Å². The fourth-order valence-corrected chi connectivity index (χ4v) is 7.51. The molecule has 3 aromatic carbocycles. The van der Waals surface area contributed by atoms with Gasteiger partial charge in [-0.2, -0.15) is 9.97 Å². The summed E-state index contributed by atoms with van der Waals surface area (Å²) in [5.41, 5.74) is 3.38. The predicted octanol–water partition coefficient (Wildman–Crippen LogP) is 5.12. The van der Waals surface area contributed by atoms with Crippen molar-refractivity contribution >= 4 is 61.7 Å². The van der Waals surface area contributed by atoms with E-state index in [4.69, 9.17) is 14.7 Å². The summed E-state index contributed by atoms with van der Waals surface area (Å²) < 4.78 is 50.0. The summed E-state index contributed by atoms with van der Waals surface area (Å²) in [7, 11) is 2.43.